The van der Waals surface area contributed by atoms with Gasteiger partial charge in [0.05, 0.1) is 19.1 Å². The molecule has 1 aliphatic carbocycles. The van der Waals surface area contributed by atoms with E-state index in [1.54, 1.807) is 36.4 Å². The summed E-state index contributed by atoms with van der Waals surface area (Å²) in [6.07, 6.45) is 1.37. The summed E-state index contributed by atoms with van der Waals surface area (Å²) in [6.45, 7) is 0.146. The van der Waals surface area contributed by atoms with E-state index < -0.39 is 22.9 Å². The highest BCUT2D eigenvalue weighted by atomic mass is 16.5. The zero-order valence-corrected chi connectivity index (χ0v) is 18.8. The van der Waals surface area contributed by atoms with Crippen molar-refractivity contribution in [3.63, 3.8) is 0 Å². The first-order valence-electron chi connectivity index (χ1n) is 11.2. The summed E-state index contributed by atoms with van der Waals surface area (Å²) in [5.74, 6) is -0.513. The van der Waals surface area contributed by atoms with Crippen molar-refractivity contribution in [1.82, 2.24) is 15.5 Å². The van der Waals surface area contributed by atoms with Crippen molar-refractivity contribution in [3.05, 3.63) is 64.9 Å². The Bertz CT molecular complexity index is 1460. The number of nitrogens with zero attached hydrogens (tertiary/aromatic N) is 1. The van der Waals surface area contributed by atoms with Gasteiger partial charge in [0, 0.05) is 17.5 Å². The van der Waals surface area contributed by atoms with Crippen LogP contribution >= 0.6 is 0 Å². The molecule has 2 fully saturated rings. The van der Waals surface area contributed by atoms with Crippen LogP contribution < -0.4 is 21.1 Å². The van der Waals surface area contributed by atoms with Gasteiger partial charge in [-0.1, -0.05) is 12.1 Å². The molecule has 3 heterocycles. The quantitative estimate of drug-likeness (QED) is 0.464. The Balaban J connectivity index is 1.38. The number of methoxy groups -OCH3 is 1. The number of imide groups is 1. The third-order valence-electron chi connectivity index (χ3n) is 7.28. The second-order valence-electron chi connectivity index (χ2n) is 9.31. The van der Waals surface area contributed by atoms with E-state index >= 15 is 0 Å². The van der Waals surface area contributed by atoms with E-state index in [9.17, 15) is 19.2 Å². The first-order valence-corrected chi connectivity index (χ1v) is 11.2. The van der Waals surface area contributed by atoms with Gasteiger partial charge in [0.25, 0.3) is 11.8 Å². The smallest absolute Gasteiger partial charge is 0.322 e. The van der Waals surface area contributed by atoms with Crippen molar-refractivity contribution >= 4 is 34.7 Å². The van der Waals surface area contributed by atoms with Crippen LogP contribution in [0.2, 0.25) is 0 Å². The number of furan rings is 1. The van der Waals surface area contributed by atoms with E-state index in [1.807, 2.05) is 6.07 Å². The maximum Gasteiger partial charge on any atom is 0.322 e. The number of primary amides is 1. The number of nitrogens with one attached hydrogen (secondary N) is 2. The van der Waals surface area contributed by atoms with Gasteiger partial charge in [-0.2, -0.15) is 0 Å². The molecule has 2 aliphatic heterocycles. The molecule has 35 heavy (non-hydrogen) atoms. The van der Waals surface area contributed by atoms with E-state index in [4.69, 9.17) is 14.9 Å². The number of carbonyl (C=O) groups excluding carboxylic acids is 4. The van der Waals surface area contributed by atoms with Crippen molar-refractivity contribution in [2.24, 2.45) is 5.73 Å². The number of hydrogen-bond acceptors (Lipinski definition) is 6. The first-order chi connectivity index (χ1) is 16.8. The van der Waals surface area contributed by atoms with E-state index in [-0.39, 0.29) is 30.7 Å². The SMILES string of the molecule is COc1ccc2c(c1)C(=O)N(CC1(c3cc4cc(C5(C(N)=O)CC5)ccc4o3)NC(=O)NC1=O)C2. The number of benzene rings is 2. The summed E-state index contributed by atoms with van der Waals surface area (Å²) in [4.78, 5) is 52.0. The fraction of sp³-hybridized carbons (Fsp3) is 0.280. The highest BCUT2D eigenvalue weighted by molar-refractivity contribution is 6.08. The van der Waals surface area contributed by atoms with Gasteiger partial charge < -0.3 is 25.1 Å². The fourth-order valence-corrected chi connectivity index (χ4v) is 5.09. The van der Waals surface area contributed by atoms with E-state index in [0.717, 1.165) is 11.1 Å². The van der Waals surface area contributed by atoms with Crippen molar-refractivity contribution in [2.45, 2.75) is 30.3 Å². The molecule has 10 heteroatoms. The Labute approximate surface area is 199 Å². The van der Waals surface area contributed by atoms with Crippen LogP contribution in [0.25, 0.3) is 11.0 Å². The average Bonchev–Trinajstić information content (AvgIpc) is 3.34. The Hall–Kier alpha value is -4.34. The molecule has 6 rings (SSSR count). The average molecular weight is 474 g/mol. The van der Waals surface area contributed by atoms with Crippen molar-refractivity contribution in [3.8, 4) is 5.75 Å². The van der Waals surface area contributed by atoms with Gasteiger partial charge in [0.2, 0.25) is 5.91 Å². The van der Waals surface area contributed by atoms with Gasteiger partial charge in [-0.05, 0) is 54.3 Å². The molecule has 10 nitrogen and oxygen atoms in total. The maximum absolute atomic E-state index is 13.2. The summed E-state index contributed by atoms with van der Waals surface area (Å²) < 4.78 is 11.3. The minimum atomic E-state index is -1.61. The molecule has 0 bridgehead atoms. The number of nitrogens with two attached hydrogens (primary N) is 1. The van der Waals surface area contributed by atoms with E-state index in [2.05, 4.69) is 10.6 Å². The largest absolute Gasteiger partial charge is 0.497 e. The van der Waals surface area contributed by atoms with Crippen LogP contribution in [0.1, 0.15) is 40.1 Å². The molecule has 1 atom stereocenters. The van der Waals surface area contributed by atoms with Crippen LogP contribution in [0.4, 0.5) is 4.79 Å². The Morgan fingerprint density at radius 1 is 1.14 bits per heavy atom. The Morgan fingerprint density at radius 2 is 1.94 bits per heavy atom. The minimum Gasteiger partial charge on any atom is -0.497 e. The Morgan fingerprint density at radius 3 is 2.60 bits per heavy atom. The molecule has 1 saturated carbocycles. The zero-order valence-electron chi connectivity index (χ0n) is 18.8. The number of ether oxygens (including phenoxy) is 1. The molecular weight excluding hydrogens is 452 g/mol. The standard InChI is InChI=1S/C25H22N4O6/c1-34-16-4-2-13-11-29(20(30)17(13)10-16)12-25(22(32)27-23(33)28-25)19-9-14-8-15(3-5-18(14)35-19)24(6-7-24)21(26)31/h2-5,8-10H,6-7,11-12H2,1H3,(H2,26,31)(H2,27,28,32,33). The minimum absolute atomic E-state index is 0.127. The highest BCUT2D eigenvalue weighted by Crippen LogP contribution is 2.48. The van der Waals surface area contributed by atoms with Crippen LogP contribution in [-0.2, 0) is 27.1 Å². The summed E-state index contributed by atoms with van der Waals surface area (Å²) in [7, 11) is 1.52. The monoisotopic (exact) mass is 474 g/mol. The molecule has 0 radical (unpaired) electrons. The van der Waals surface area contributed by atoms with Crippen LogP contribution in [0.3, 0.4) is 0 Å². The van der Waals surface area contributed by atoms with Gasteiger partial charge in [0.1, 0.15) is 17.1 Å². The normalized spacial score (nSPS) is 22.2. The topological polar surface area (TPSA) is 144 Å². The second kappa shape index (κ2) is 7.08. The number of urea groups is 1. The van der Waals surface area contributed by atoms with Crippen molar-refractivity contribution in [1.29, 1.82) is 0 Å². The molecule has 2 aromatic carbocycles. The van der Waals surface area contributed by atoms with Crippen LogP contribution in [-0.4, -0.2) is 42.3 Å². The van der Waals surface area contributed by atoms with Gasteiger partial charge in [-0.3, -0.25) is 19.7 Å². The van der Waals surface area contributed by atoms with Crippen molar-refractivity contribution in [2.75, 3.05) is 13.7 Å². The molecule has 1 aromatic heterocycles. The Kier molecular flexibility index (Phi) is 4.29. The number of carbonyl (C=O) groups is 4. The molecule has 1 unspecified atom stereocenters. The number of rotatable bonds is 6. The fourth-order valence-electron chi connectivity index (χ4n) is 5.09. The summed E-state index contributed by atoms with van der Waals surface area (Å²) >= 11 is 0. The molecule has 1 saturated heterocycles. The van der Waals surface area contributed by atoms with Crippen LogP contribution in [0.5, 0.6) is 5.75 Å². The lowest BCUT2D eigenvalue weighted by molar-refractivity contribution is -0.125. The highest BCUT2D eigenvalue weighted by Gasteiger charge is 2.53. The third kappa shape index (κ3) is 3.02. The molecule has 4 N–H and O–H groups in total. The molecule has 178 valence electrons. The number of amides is 5. The lowest BCUT2D eigenvalue weighted by Gasteiger charge is -2.29. The van der Waals surface area contributed by atoms with Crippen LogP contribution in [0.15, 0.2) is 46.9 Å². The van der Waals surface area contributed by atoms with Gasteiger partial charge in [-0.15, -0.1) is 0 Å². The van der Waals surface area contributed by atoms with E-state index in [1.165, 1.54) is 12.0 Å². The predicted octanol–water partition coefficient (Wildman–Crippen LogP) is 1.65. The van der Waals surface area contributed by atoms with Crippen molar-refractivity contribution < 1.29 is 28.3 Å². The lowest BCUT2D eigenvalue weighted by Crippen LogP contribution is -2.52. The van der Waals surface area contributed by atoms with Gasteiger partial charge in [-0.25, -0.2) is 4.79 Å². The van der Waals surface area contributed by atoms with Gasteiger partial charge >= 0.3 is 6.03 Å². The molecule has 3 aliphatic rings. The summed E-state index contributed by atoms with van der Waals surface area (Å²) in [5.41, 5.74) is 5.89. The van der Waals surface area contributed by atoms with Gasteiger partial charge in [0.15, 0.2) is 5.54 Å². The zero-order chi connectivity index (χ0) is 24.5. The second-order valence-corrected chi connectivity index (χ2v) is 9.31. The predicted molar refractivity (Wildman–Crippen MR) is 122 cm³/mol. The van der Waals surface area contributed by atoms with Crippen LogP contribution in [0, 0.1) is 0 Å². The molecule has 3 aromatic rings. The first kappa shape index (κ1) is 21.2. The van der Waals surface area contributed by atoms with E-state index in [0.29, 0.717) is 35.1 Å². The number of hydrogen-bond donors (Lipinski definition) is 3. The maximum atomic E-state index is 13.2. The summed E-state index contributed by atoms with van der Waals surface area (Å²) in [5, 5.41) is 5.62. The summed E-state index contributed by atoms with van der Waals surface area (Å²) in [6, 6.07) is 11.6. The third-order valence-corrected chi connectivity index (χ3v) is 7.28. The number of fused-ring (bicyclic) bond motifs is 2. The molecular formula is C25H22N4O6. The lowest BCUT2D eigenvalue weighted by atomic mass is 9.93. The molecule has 0 spiro atoms. The molecule has 5 amide bonds.